The Bertz CT molecular complexity index is 381. The van der Waals surface area contributed by atoms with Gasteiger partial charge in [0.25, 0.3) is 0 Å². The maximum Gasteiger partial charge on any atom is 0.236 e. The van der Waals surface area contributed by atoms with Crippen molar-refractivity contribution in [3.63, 3.8) is 0 Å². The molecule has 0 aliphatic carbocycles. The summed E-state index contributed by atoms with van der Waals surface area (Å²) in [7, 11) is 0. The second kappa shape index (κ2) is 4.31. The number of alkyl halides is 1. The molecule has 0 aromatic carbocycles. The third-order valence-electron chi connectivity index (χ3n) is 2.53. The number of halogens is 1. The fraction of sp³-hybridized carbons (Fsp3) is 0.455. The number of likely N-dealkylation sites (tertiary alicyclic amines) is 1. The van der Waals surface area contributed by atoms with Crippen LogP contribution in [-0.2, 0) is 11.3 Å². The number of rotatable bonds is 2. The van der Waals surface area contributed by atoms with Crippen LogP contribution < -0.4 is 0 Å². The van der Waals surface area contributed by atoms with Gasteiger partial charge >= 0.3 is 0 Å². The quantitative estimate of drug-likeness (QED) is 0.768. The number of aryl methyl sites for hydroxylation is 1. The fourth-order valence-electron chi connectivity index (χ4n) is 1.74. The van der Waals surface area contributed by atoms with Crippen molar-refractivity contribution in [3.8, 4) is 0 Å². The van der Waals surface area contributed by atoms with E-state index in [1.165, 1.54) is 0 Å². The lowest BCUT2D eigenvalue weighted by Crippen LogP contribution is -2.27. The summed E-state index contributed by atoms with van der Waals surface area (Å²) in [5.41, 5.74) is 1.96. The number of nitrogens with zero attached hydrogens (tertiary/aromatic N) is 2. The average molecular weight is 269 g/mol. The molecule has 2 rings (SSSR count). The summed E-state index contributed by atoms with van der Waals surface area (Å²) in [5, 5.41) is 0. The minimum atomic E-state index is 0.00214. The topological polar surface area (TPSA) is 33.2 Å². The van der Waals surface area contributed by atoms with Gasteiger partial charge in [-0.1, -0.05) is 22.0 Å². The lowest BCUT2D eigenvalue weighted by atomic mass is 10.3. The first-order chi connectivity index (χ1) is 7.16. The number of carbonyl (C=O) groups excluding carboxylic acids is 1. The number of amides is 1. The van der Waals surface area contributed by atoms with E-state index in [1.807, 2.05) is 30.0 Å². The molecule has 3 nitrogen and oxygen atoms in total. The van der Waals surface area contributed by atoms with Crippen LogP contribution in [0.1, 0.15) is 17.8 Å². The summed E-state index contributed by atoms with van der Waals surface area (Å²) in [6.45, 7) is 3.41. The largest absolute Gasteiger partial charge is 0.336 e. The van der Waals surface area contributed by atoms with Gasteiger partial charge in [-0.3, -0.25) is 9.78 Å². The first kappa shape index (κ1) is 10.6. The molecular formula is C11H13BrN2O. The summed E-state index contributed by atoms with van der Waals surface area (Å²) in [6, 6.07) is 5.90. The van der Waals surface area contributed by atoms with Gasteiger partial charge in [-0.15, -0.1) is 0 Å². The highest BCUT2D eigenvalue weighted by Crippen LogP contribution is 2.19. The van der Waals surface area contributed by atoms with Gasteiger partial charge in [-0.25, -0.2) is 0 Å². The first-order valence-electron chi connectivity index (χ1n) is 5.02. The summed E-state index contributed by atoms with van der Waals surface area (Å²) in [5.74, 6) is 0.179. The molecule has 0 saturated carbocycles. The highest BCUT2D eigenvalue weighted by atomic mass is 79.9. The van der Waals surface area contributed by atoms with Crippen molar-refractivity contribution in [2.75, 3.05) is 6.54 Å². The molecule has 0 radical (unpaired) electrons. The minimum absolute atomic E-state index is 0.00214. The van der Waals surface area contributed by atoms with E-state index in [1.54, 1.807) is 0 Å². The van der Waals surface area contributed by atoms with Gasteiger partial charge in [0, 0.05) is 12.2 Å². The van der Waals surface area contributed by atoms with E-state index >= 15 is 0 Å². The predicted octanol–water partition coefficient (Wildman–Crippen LogP) is 1.89. The normalized spacial score (nSPS) is 21.1. The Morgan fingerprint density at radius 1 is 1.60 bits per heavy atom. The van der Waals surface area contributed by atoms with Crippen molar-refractivity contribution < 1.29 is 4.79 Å². The maximum atomic E-state index is 11.6. The highest BCUT2D eigenvalue weighted by molar-refractivity contribution is 9.10. The molecule has 0 N–H and O–H groups in total. The van der Waals surface area contributed by atoms with Crippen LogP contribution in [0, 0.1) is 6.92 Å². The zero-order valence-corrected chi connectivity index (χ0v) is 10.2. The molecule has 1 aliphatic rings. The third-order valence-corrected chi connectivity index (χ3v) is 3.38. The standard InChI is InChI=1S/C11H13BrN2O/c1-8-3-2-4-9(13-8)7-14-6-5-10(12)11(14)15/h2-4,10H,5-7H2,1H3. The molecule has 80 valence electrons. The molecule has 1 unspecified atom stereocenters. The number of pyridine rings is 1. The Balaban J connectivity index is 2.06. The van der Waals surface area contributed by atoms with Crippen molar-refractivity contribution in [1.82, 2.24) is 9.88 Å². The van der Waals surface area contributed by atoms with E-state index in [0.717, 1.165) is 24.4 Å². The zero-order valence-electron chi connectivity index (χ0n) is 8.61. The van der Waals surface area contributed by atoms with E-state index in [0.29, 0.717) is 6.54 Å². The lowest BCUT2D eigenvalue weighted by molar-refractivity contribution is -0.127. The molecule has 0 bridgehead atoms. The van der Waals surface area contributed by atoms with Crippen molar-refractivity contribution >= 4 is 21.8 Å². The molecule has 1 fully saturated rings. The summed E-state index contributed by atoms with van der Waals surface area (Å²) in [6.07, 6.45) is 0.894. The number of hydrogen-bond donors (Lipinski definition) is 0. The van der Waals surface area contributed by atoms with Crippen LogP contribution in [0.5, 0.6) is 0 Å². The Kier molecular flexibility index (Phi) is 3.05. The smallest absolute Gasteiger partial charge is 0.236 e. The van der Waals surface area contributed by atoms with Crippen LogP contribution in [-0.4, -0.2) is 27.2 Å². The molecule has 1 aliphatic heterocycles. The molecule has 1 aromatic rings. The van der Waals surface area contributed by atoms with Crippen LogP contribution in [0.15, 0.2) is 18.2 Å². The predicted molar refractivity (Wildman–Crippen MR) is 61.7 cm³/mol. The summed E-state index contributed by atoms with van der Waals surface area (Å²) < 4.78 is 0. The van der Waals surface area contributed by atoms with Gasteiger partial charge in [0.05, 0.1) is 17.1 Å². The van der Waals surface area contributed by atoms with Crippen LogP contribution in [0.4, 0.5) is 0 Å². The molecule has 1 aromatic heterocycles. The second-order valence-corrected chi connectivity index (χ2v) is 4.89. The minimum Gasteiger partial charge on any atom is -0.336 e. The highest BCUT2D eigenvalue weighted by Gasteiger charge is 2.29. The van der Waals surface area contributed by atoms with Gasteiger partial charge in [-0.2, -0.15) is 0 Å². The zero-order chi connectivity index (χ0) is 10.8. The van der Waals surface area contributed by atoms with Crippen molar-refractivity contribution in [1.29, 1.82) is 0 Å². The van der Waals surface area contributed by atoms with Crippen molar-refractivity contribution in [2.45, 2.75) is 24.7 Å². The van der Waals surface area contributed by atoms with E-state index in [2.05, 4.69) is 20.9 Å². The van der Waals surface area contributed by atoms with Gasteiger partial charge in [0.15, 0.2) is 0 Å². The van der Waals surface area contributed by atoms with E-state index in [4.69, 9.17) is 0 Å². The molecule has 4 heteroatoms. The first-order valence-corrected chi connectivity index (χ1v) is 5.94. The molecule has 0 spiro atoms. The van der Waals surface area contributed by atoms with Gasteiger partial charge in [0.2, 0.25) is 5.91 Å². The third kappa shape index (κ3) is 2.37. The van der Waals surface area contributed by atoms with Gasteiger partial charge in [0.1, 0.15) is 0 Å². The molecule has 2 heterocycles. The number of aromatic nitrogens is 1. The van der Waals surface area contributed by atoms with Crippen molar-refractivity contribution in [2.24, 2.45) is 0 Å². The van der Waals surface area contributed by atoms with Crippen LogP contribution in [0.25, 0.3) is 0 Å². The number of hydrogen-bond acceptors (Lipinski definition) is 2. The van der Waals surface area contributed by atoms with Crippen LogP contribution in [0.3, 0.4) is 0 Å². The molecule has 1 saturated heterocycles. The molecule has 1 amide bonds. The SMILES string of the molecule is Cc1cccc(CN2CCC(Br)C2=O)n1. The maximum absolute atomic E-state index is 11.6. The van der Waals surface area contributed by atoms with E-state index in [9.17, 15) is 4.79 Å². The second-order valence-electron chi connectivity index (χ2n) is 3.79. The summed E-state index contributed by atoms with van der Waals surface area (Å²) in [4.78, 5) is 17.9. The fourth-order valence-corrected chi connectivity index (χ4v) is 2.24. The lowest BCUT2D eigenvalue weighted by Gasteiger charge is -2.15. The van der Waals surface area contributed by atoms with E-state index < -0.39 is 0 Å². The van der Waals surface area contributed by atoms with Gasteiger partial charge < -0.3 is 4.90 Å². The van der Waals surface area contributed by atoms with Crippen LogP contribution >= 0.6 is 15.9 Å². The van der Waals surface area contributed by atoms with Gasteiger partial charge in [-0.05, 0) is 25.5 Å². The number of carbonyl (C=O) groups is 1. The van der Waals surface area contributed by atoms with Crippen molar-refractivity contribution in [3.05, 3.63) is 29.6 Å². The Hall–Kier alpha value is -0.900. The van der Waals surface area contributed by atoms with E-state index in [-0.39, 0.29) is 10.7 Å². The Morgan fingerprint density at radius 3 is 3.00 bits per heavy atom. The van der Waals surface area contributed by atoms with Crippen LogP contribution in [0.2, 0.25) is 0 Å². The molecular weight excluding hydrogens is 256 g/mol. The average Bonchev–Trinajstić information content (AvgIpc) is 2.50. The Morgan fingerprint density at radius 2 is 2.40 bits per heavy atom. The monoisotopic (exact) mass is 268 g/mol. The summed E-state index contributed by atoms with van der Waals surface area (Å²) >= 11 is 3.36. The molecule has 1 atom stereocenters. The molecule has 15 heavy (non-hydrogen) atoms. The Labute approximate surface area is 97.6 Å².